The zero-order valence-electron chi connectivity index (χ0n) is 9.85. The molecule has 0 aliphatic carbocycles. The molecule has 1 rings (SSSR count). The maximum absolute atomic E-state index is 10.5. The summed E-state index contributed by atoms with van der Waals surface area (Å²) in [4.78, 5) is 0. The van der Waals surface area contributed by atoms with Gasteiger partial charge in [0, 0.05) is 18.8 Å². The van der Waals surface area contributed by atoms with E-state index in [9.17, 15) is 10.2 Å². The summed E-state index contributed by atoms with van der Waals surface area (Å²) < 4.78 is 0. The second-order valence-electron chi connectivity index (χ2n) is 4.18. The van der Waals surface area contributed by atoms with Gasteiger partial charge in [-0.05, 0) is 17.7 Å². The highest BCUT2D eigenvalue weighted by molar-refractivity contribution is 5.30. The van der Waals surface area contributed by atoms with Crippen LogP contribution in [0.25, 0.3) is 0 Å². The molecule has 0 aliphatic heterocycles. The van der Waals surface area contributed by atoms with Crippen LogP contribution in [0.4, 0.5) is 0 Å². The van der Waals surface area contributed by atoms with Gasteiger partial charge in [0.05, 0.1) is 5.60 Å². The van der Waals surface area contributed by atoms with Crippen LogP contribution in [0, 0.1) is 24.7 Å². The Balaban J connectivity index is 3.00. The van der Waals surface area contributed by atoms with Crippen molar-refractivity contribution in [1.29, 1.82) is 0 Å². The topological polar surface area (TPSA) is 40.5 Å². The molecule has 0 bridgehead atoms. The number of terminal acetylenes is 2. The molecule has 0 aliphatic rings. The minimum atomic E-state index is -1.10. The number of phenolic OH excluding ortho intramolecular Hbond substituents is 1. The lowest BCUT2D eigenvalue weighted by Gasteiger charge is -2.31. The molecular weight excluding hydrogens is 212 g/mol. The van der Waals surface area contributed by atoms with Crippen molar-refractivity contribution >= 4 is 0 Å². The molecule has 2 N–H and O–H groups in total. The molecule has 0 heterocycles. The first-order valence-electron chi connectivity index (χ1n) is 5.41. The Morgan fingerprint density at radius 3 is 2.06 bits per heavy atom. The van der Waals surface area contributed by atoms with Gasteiger partial charge < -0.3 is 10.2 Å². The molecule has 1 atom stereocenters. The highest BCUT2D eigenvalue weighted by Gasteiger charge is 2.33. The first-order valence-corrected chi connectivity index (χ1v) is 5.41. The number of rotatable bonds is 4. The van der Waals surface area contributed by atoms with E-state index in [0.29, 0.717) is 0 Å². The molecule has 2 nitrogen and oxygen atoms in total. The molecule has 0 fully saturated rings. The van der Waals surface area contributed by atoms with E-state index in [1.54, 1.807) is 24.3 Å². The van der Waals surface area contributed by atoms with Crippen LogP contribution in [-0.2, 0) is 0 Å². The zero-order valence-corrected chi connectivity index (χ0v) is 9.85. The number of hydrogen-bond donors (Lipinski definition) is 2. The first kappa shape index (κ1) is 13.2. The summed E-state index contributed by atoms with van der Waals surface area (Å²) in [6.07, 6.45) is 10.9. The molecule has 0 aromatic heterocycles. The normalized spacial score (nSPS) is 12.5. The van der Waals surface area contributed by atoms with Gasteiger partial charge in [0.2, 0.25) is 0 Å². The molecule has 2 heteroatoms. The summed E-state index contributed by atoms with van der Waals surface area (Å²) in [6, 6.07) is 6.69. The van der Waals surface area contributed by atoms with E-state index in [1.165, 1.54) is 0 Å². The summed E-state index contributed by atoms with van der Waals surface area (Å²) in [5.74, 6) is 4.93. The fraction of sp³-hybridized carbons (Fsp3) is 0.333. The van der Waals surface area contributed by atoms with E-state index in [4.69, 9.17) is 12.8 Å². The third-order valence-corrected chi connectivity index (χ3v) is 3.02. The zero-order chi connectivity index (χ0) is 12.9. The van der Waals surface area contributed by atoms with Crippen LogP contribution in [0.1, 0.15) is 31.2 Å². The molecule has 0 saturated heterocycles. The van der Waals surface area contributed by atoms with Gasteiger partial charge in [-0.1, -0.05) is 19.1 Å². The summed E-state index contributed by atoms with van der Waals surface area (Å²) in [5, 5.41) is 19.7. The Bertz CT molecular complexity index is 429. The van der Waals surface area contributed by atoms with Gasteiger partial charge in [-0.15, -0.1) is 24.7 Å². The van der Waals surface area contributed by atoms with E-state index < -0.39 is 5.60 Å². The fourth-order valence-electron chi connectivity index (χ4n) is 1.80. The smallest absolute Gasteiger partial charge is 0.115 e. The minimum absolute atomic E-state index is 0.185. The quantitative estimate of drug-likeness (QED) is 0.776. The van der Waals surface area contributed by atoms with Crippen molar-refractivity contribution in [3.8, 4) is 30.4 Å². The standard InChI is InChI=1S/C15H16O2/c1-4-10-15(17,11-5-2)12(3)13-6-8-14(16)9-7-13/h1-2,6-9,12,16-17H,10-11H2,3H3. The van der Waals surface area contributed by atoms with Gasteiger partial charge in [0.25, 0.3) is 0 Å². The lowest BCUT2D eigenvalue weighted by Crippen LogP contribution is -2.34. The maximum Gasteiger partial charge on any atom is 0.115 e. The van der Waals surface area contributed by atoms with Gasteiger partial charge in [-0.3, -0.25) is 0 Å². The molecule has 88 valence electrons. The third-order valence-electron chi connectivity index (χ3n) is 3.02. The van der Waals surface area contributed by atoms with Crippen LogP contribution in [-0.4, -0.2) is 15.8 Å². The average molecular weight is 228 g/mol. The first-order chi connectivity index (χ1) is 8.03. The van der Waals surface area contributed by atoms with Crippen molar-refractivity contribution in [3.63, 3.8) is 0 Å². The summed E-state index contributed by atoms with van der Waals surface area (Å²) >= 11 is 0. The predicted octanol–water partition coefficient (Wildman–Crippen LogP) is 2.27. The van der Waals surface area contributed by atoms with Crippen molar-refractivity contribution in [3.05, 3.63) is 29.8 Å². The molecule has 17 heavy (non-hydrogen) atoms. The Kier molecular flexibility index (Phi) is 4.21. The van der Waals surface area contributed by atoms with Crippen LogP contribution >= 0.6 is 0 Å². The minimum Gasteiger partial charge on any atom is -0.508 e. The van der Waals surface area contributed by atoms with Crippen molar-refractivity contribution in [2.75, 3.05) is 0 Å². The molecular formula is C15H16O2. The van der Waals surface area contributed by atoms with Crippen molar-refractivity contribution in [2.24, 2.45) is 0 Å². The lowest BCUT2D eigenvalue weighted by molar-refractivity contribution is 0.0270. The van der Waals surface area contributed by atoms with E-state index in [-0.39, 0.29) is 24.5 Å². The monoisotopic (exact) mass is 228 g/mol. The van der Waals surface area contributed by atoms with Crippen molar-refractivity contribution < 1.29 is 10.2 Å². The van der Waals surface area contributed by atoms with E-state index in [1.807, 2.05) is 6.92 Å². The van der Waals surface area contributed by atoms with E-state index >= 15 is 0 Å². The Morgan fingerprint density at radius 1 is 1.18 bits per heavy atom. The van der Waals surface area contributed by atoms with E-state index in [2.05, 4.69) is 11.8 Å². The summed E-state index contributed by atoms with van der Waals surface area (Å²) in [6.45, 7) is 1.88. The largest absolute Gasteiger partial charge is 0.508 e. The maximum atomic E-state index is 10.5. The molecule has 0 spiro atoms. The Labute approximate surface area is 102 Å². The average Bonchev–Trinajstić information content (AvgIpc) is 2.30. The van der Waals surface area contributed by atoms with Crippen LogP contribution < -0.4 is 0 Å². The molecule has 1 unspecified atom stereocenters. The van der Waals surface area contributed by atoms with Crippen LogP contribution in [0.5, 0.6) is 5.75 Å². The molecule has 0 amide bonds. The van der Waals surface area contributed by atoms with Crippen molar-refractivity contribution in [1.82, 2.24) is 0 Å². The third kappa shape index (κ3) is 3.03. The number of aliphatic hydroxyl groups is 1. The van der Waals surface area contributed by atoms with Crippen LogP contribution in [0.2, 0.25) is 0 Å². The lowest BCUT2D eigenvalue weighted by atomic mass is 9.79. The second kappa shape index (κ2) is 5.43. The van der Waals surface area contributed by atoms with Gasteiger partial charge in [0.15, 0.2) is 0 Å². The van der Waals surface area contributed by atoms with Gasteiger partial charge in [-0.25, -0.2) is 0 Å². The SMILES string of the molecule is C#CCC(O)(CC#C)C(C)c1ccc(O)cc1. The predicted molar refractivity (Wildman–Crippen MR) is 68.4 cm³/mol. The van der Waals surface area contributed by atoms with Crippen LogP contribution in [0.3, 0.4) is 0 Å². The molecule has 1 aromatic rings. The number of hydrogen-bond acceptors (Lipinski definition) is 2. The van der Waals surface area contributed by atoms with Crippen LogP contribution in [0.15, 0.2) is 24.3 Å². The highest BCUT2D eigenvalue weighted by Crippen LogP contribution is 2.33. The Hall–Kier alpha value is -1.90. The van der Waals surface area contributed by atoms with Gasteiger partial charge in [0.1, 0.15) is 5.75 Å². The number of aromatic hydroxyl groups is 1. The summed E-state index contributed by atoms with van der Waals surface area (Å²) in [7, 11) is 0. The fourth-order valence-corrected chi connectivity index (χ4v) is 1.80. The number of benzene rings is 1. The Morgan fingerprint density at radius 2 is 1.65 bits per heavy atom. The molecule has 1 aromatic carbocycles. The highest BCUT2D eigenvalue weighted by atomic mass is 16.3. The van der Waals surface area contributed by atoms with Crippen molar-refractivity contribution in [2.45, 2.75) is 31.3 Å². The van der Waals surface area contributed by atoms with Gasteiger partial charge >= 0.3 is 0 Å². The number of phenols is 1. The summed E-state index contributed by atoms with van der Waals surface area (Å²) in [5.41, 5.74) is -0.198. The van der Waals surface area contributed by atoms with E-state index in [0.717, 1.165) is 5.56 Å². The molecule has 0 saturated carbocycles. The second-order valence-corrected chi connectivity index (χ2v) is 4.18. The molecule has 0 radical (unpaired) electrons. The van der Waals surface area contributed by atoms with Gasteiger partial charge in [-0.2, -0.15) is 0 Å².